The van der Waals surface area contributed by atoms with Crippen molar-refractivity contribution in [2.45, 2.75) is 13.1 Å². The van der Waals surface area contributed by atoms with Gasteiger partial charge in [0.25, 0.3) is 5.56 Å². The zero-order chi connectivity index (χ0) is 26.4. The standard InChI is InChI=1S/C26H26ClN5O5/c1-35-21-12-18(13-22(36-2)24(21)37-3)6-9-23(33)28-10-11-32-25-20(14-30-32)26(34)31(16-29-25)15-17-4-7-19(27)8-5-17/h4-9,12-14,16H,10-11,15H2,1-3H3,(H,28,33). The first-order chi connectivity index (χ1) is 17.9. The Kier molecular flexibility index (Phi) is 8.09. The van der Waals surface area contributed by atoms with Crippen molar-refractivity contribution in [2.75, 3.05) is 27.9 Å². The molecule has 0 spiro atoms. The van der Waals surface area contributed by atoms with Crippen molar-refractivity contribution in [3.63, 3.8) is 0 Å². The Morgan fingerprint density at radius 2 is 1.78 bits per heavy atom. The minimum Gasteiger partial charge on any atom is -0.493 e. The lowest BCUT2D eigenvalue weighted by Gasteiger charge is -2.12. The van der Waals surface area contributed by atoms with Crippen LogP contribution in [0.4, 0.5) is 0 Å². The summed E-state index contributed by atoms with van der Waals surface area (Å²) in [7, 11) is 4.58. The Labute approximate surface area is 218 Å². The fraction of sp³-hybridized carbons (Fsp3) is 0.231. The van der Waals surface area contributed by atoms with E-state index in [1.54, 1.807) is 35.0 Å². The number of carbonyl (C=O) groups is 1. The lowest BCUT2D eigenvalue weighted by Crippen LogP contribution is -2.26. The lowest BCUT2D eigenvalue weighted by atomic mass is 10.1. The van der Waals surface area contributed by atoms with Crippen LogP contribution in [-0.2, 0) is 17.9 Å². The normalized spacial score (nSPS) is 11.1. The Morgan fingerprint density at radius 3 is 2.43 bits per heavy atom. The Bertz CT molecular complexity index is 1470. The Hall–Kier alpha value is -4.31. The van der Waals surface area contributed by atoms with E-state index < -0.39 is 0 Å². The lowest BCUT2D eigenvalue weighted by molar-refractivity contribution is -0.116. The number of nitrogens with one attached hydrogen (secondary N) is 1. The van der Waals surface area contributed by atoms with Gasteiger partial charge in [0.15, 0.2) is 17.1 Å². The van der Waals surface area contributed by atoms with Gasteiger partial charge in [0.05, 0.1) is 40.6 Å². The second-order valence-electron chi connectivity index (χ2n) is 7.99. The van der Waals surface area contributed by atoms with E-state index in [0.29, 0.717) is 58.5 Å². The third-order valence-electron chi connectivity index (χ3n) is 5.63. The highest BCUT2D eigenvalue weighted by Crippen LogP contribution is 2.38. The van der Waals surface area contributed by atoms with Gasteiger partial charge in [-0.05, 0) is 41.5 Å². The number of nitrogens with zero attached hydrogens (tertiary/aromatic N) is 4. The van der Waals surface area contributed by atoms with Gasteiger partial charge < -0.3 is 19.5 Å². The zero-order valence-electron chi connectivity index (χ0n) is 20.6. The van der Waals surface area contributed by atoms with E-state index in [2.05, 4.69) is 15.4 Å². The van der Waals surface area contributed by atoms with Crippen molar-refractivity contribution in [1.82, 2.24) is 24.6 Å². The van der Waals surface area contributed by atoms with Crippen molar-refractivity contribution in [2.24, 2.45) is 0 Å². The van der Waals surface area contributed by atoms with Crippen LogP contribution in [0.3, 0.4) is 0 Å². The van der Waals surface area contributed by atoms with E-state index in [0.717, 1.165) is 5.56 Å². The molecule has 2 aromatic heterocycles. The average molecular weight is 524 g/mol. The highest BCUT2D eigenvalue weighted by atomic mass is 35.5. The monoisotopic (exact) mass is 523 g/mol. The number of amides is 1. The first-order valence-corrected chi connectivity index (χ1v) is 11.7. The molecule has 0 fully saturated rings. The number of benzene rings is 2. The van der Waals surface area contributed by atoms with Gasteiger partial charge in [-0.1, -0.05) is 23.7 Å². The maximum absolute atomic E-state index is 12.9. The summed E-state index contributed by atoms with van der Waals surface area (Å²) in [6.07, 6.45) is 6.05. The largest absolute Gasteiger partial charge is 0.493 e. The van der Waals surface area contributed by atoms with Gasteiger partial charge in [-0.2, -0.15) is 5.10 Å². The number of halogens is 1. The summed E-state index contributed by atoms with van der Waals surface area (Å²) in [6, 6.07) is 10.8. The minimum absolute atomic E-state index is 0.191. The smallest absolute Gasteiger partial charge is 0.264 e. The van der Waals surface area contributed by atoms with Gasteiger partial charge in [-0.15, -0.1) is 0 Å². The molecule has 2 heterocycles. The van der Waals surface area contributed by atoms with E-state index >= 15 is 0 Å². The molecule has 4 aromatic rings. The molecule has 0 aliphatic rings. The quantitative estimate of drug-likeness (QED) is 0.318. The van der Waals surface area contributed by atoms with Crippen molar-refractivity contribution in [3.05, 3.63) is 81.5 Å². The molecular weight excluding hydrogens is 498 g/mol. The highest BCUT2D eigenvalue weighted by Gasteiger charge is 2.13. The summed E-state index contributed by atoms with van der Waals surface area (Å²) in [5, 5.41) is 8.12. The van der Waals surface area contributed by atoms with Gasteiger partial charge in [-0.25, -0.2) is 9.67 Å². The molecule has 0 atom stereocenters. The molecule has 0 aliphatic carbocycles. The first kappa shape index (κ1) is 25.8. The fourth-order valence-corrected chi connectivity index (χ4v) is 3.90. The van der Waals surface area contributed by atoms with Gasteiger partial charge in [0.1, 0.15) is 11.7 Å². The molecule has 0 saturated heterocycles. The van der Waals surface area contributed by atoms with E-state index in [1.807, 2.05) is 12.1 Å². The van der Waals surface area contributed by atoms with Crippen LogP contribution in [0.15, 0.2) is 59.8 Å². The van der Waals surface area contributed by atoms with Crippen molar-refractivity contribution in [1.29, 1.82) is 0 Å². The van der Waals surface area contributed by atoms with Crippen LogP contribution in [0.2, 0.25) is 5.02 Å². The molecule has 1 N–H and O–H groups in total. The van der Waals surface area contributed by atoms with Crippen molar-refractivity contribution >= 4 is 34.6 Å². The molecule has 192 valence electrons. The molecule has 37 heavy (non-hydrogen) atoms. The number of ether oxygens (including phenoxy) is 3. The number of rotatable bonds is 10. The molecule has 0 unspecified atom stereocenters. The van der Waals surface area contributed by atoms with Crippen molar-refractivity contribution in [3.8, 4) is 17.2 Å². The van der Waals surface area contributed by atoms with Crippen LogP contribution in [0.1, 0.15) is 11.1 Å². The number of hydrogen-bond acceptors (Lipinski definition) is 7. The molecule has 11 heteroatoms. The average Bonchev–Trinajstić information content (AvgIpc) is 3.33. The number of aromatic nitrogens is 4. The number of methoxy groups -OCH3 is 3. The van der Waals surface area contributed by atoms with Crippen LogP contribution < -0.4 is 25.1 Å². The minimum atomic E-state index is -0.288. The molecule has 0 aliphatic heterocycles. The first-order valence-electron chi connectivity index (χ1n) is 11.3. The van der Waals surface area contributed by atoms with Crippen LogP contribution in [0.5, 0.6) is 17.2 Å². The van der Waals surface area contributed by atoms with E-state index in [-0.39, 0.29) is 11.5 Å². The molecule has 1 amide bonds. The fourth-order valence-electron chi connectivity index (χ4n) is 3.77. The molecule has 0 bridgehead atoms. The second kappa shape index (κ2) is 11.6. The summed E-state index contributed by atoms with van der Waals surface area (Å²) < 4.78 is 19.1. The Morgan fingerprint density at radius 1 is 1.08 bits per heavy atom. The van der Waals surface area contributed by atoms with Gasteiger partial charge in [-0.3, -0.25) is 14.2 Å². The molecule has 4 rings (SSSR count). The second-order valence-corrected chi connectivity index (χ2v) is 8.43. The molecule has 10 nitrogen and oxygen atoms in total. The summed E-state index contributed by atoms with van der Waals surface area (Å²) in [5.74, 6) is 1.17. The molecule has 0 radical (unpaired) electrons. The van der Waals surface area contributed by atoms with E-state index in [9.17, 15) is 9.59 Å². The number of hydrogen-bond donors (Lipinski definition) is 1. The zero-order valence-corrected chi connectivity index (χ0v) is 21.4. The van der Waals surface area contributed by atoms with E-state index in [4.69, 9.17) is 25.8 Å². The topological polar surface area (TPSA) is 110 Å². The summed E-state index contributed by atoms with van der Waals surface area (Å²) in [4.78, 5) is 29.6. The van der Waals surface area contributed by atoms with Crippen LogP contribution in [0.25, 0.3) is 17.1 Å². The third-order valence-corrected chi connectivity index (χ3v) is 5.88. The Balaban J connectivity index is 1.38. The SMILES string of the molecule is COc1cc(C=CC(=O)NCCn2ncc3c(=O)n(Cc4ccc(Cl)cc4)cnc32)cc(OC)c1OC. The van der Waals surface area contributed by atoms with Crippen LogP contribution >= 0.6 is 11.6 Å². The number of fused-ring (bicyclic) bond motifs is 1. The van der Waals surface area contributed by atoms with Gasteiger partial charge >= 0.3 is 0 Å². The van der Waals surface area contributed by atoms with Crippen LogP contribution in [-0.4, -0.2) is 53.1 Å². The summed E-state index contributed by atoms with van der Waals surface area (Å²) in [5.41, 5.74) is 1.91. The maximum Gasteiger partial charge on any atom is 0.264 e. The van der Waals surface area contributed by atoms with Gasteiger partial charge in [0, 0.05) is 17.6 Å². The third kappa shape index (κ3) is 5.92. The highest BCUT2D eigenvalue weighted by molar-refractivity contribution is 6.30. The molecule has 0 saturated carbocycles. The predicted molar refractivity (Wildman–Crippen MR) is 140 cm³/mol. The summed E-state index contributed by atoms with van der Waals surface area (Å²) in [6.45, 7) is 1.02. The van der Waals surface area contributed by atoms with Crippen molar-refractivity contribution < 1.29 is 19.0 Å². The maximum atomic E-state index is 12.9. The molecular formula is C26H26ClN5O5. The molecule has 2 aromatic carbocycles. The summed E-state index contributed by atoms with van der Waals surface area (Å²) >= 11 is 5.93. The van der Waals surface area contributed by atoms with E-state index in [1.165, 1.54) is 44.5 Å². The predicted octanol–water partition coefficient (Wildman–Crippen LogP) is 3.15. The number of carbonyl (C=O) groups excluding carboxylic acids is 1. The van der Waals surface area contributed by atoms with Gasteiger partial charge in [0.2, 0.25) is 11.7 Å². The van der Waals surface area contributed by atoms with Crippen LogP contribution in [0, 0.1) is 0 Å².